The van der Waals surface area contributed by atoms with Crippen LogP contribution >= 0.6 is 7.68 Å². The van der Waals surface area contributed by atoms with Crippen molar-refractivity contribution in [1.29, 1.82) is 0 Å². The summed E-state index contributed by atoms with van der Waals surface area (Å²) in [5.74, 6) is 0. The Morgan fingerprint density at radius 1 is 0.667 bits per heavy atom. The third-order valence-electron chi connectivity index (χ3n) is 0.671. The average molecular weight is 177 g/mol. The Kier molecular flexibility index (Phi) is 3.13. The molecule has 0 spiro atoms. The first kappa shape index (κ1) is 9.86. The van der Waals surface area contributed by atoms with Crippen molar-refractivity contribution in [3.05, 3.63) is 0 Å². The lowest BCUT2D eigenvalue weighted by Gasteiger charge is -2.44. The van der Waals surface area contributed by atoms with Gasteiger partial charge in [-0.05, 0) is 0 Å². The minimum atomic E-state index is -0.759. The fraction of sp³-hybridized carbons (Fsp3) is 1.00. The van der Waals surface area contributed by atoms with Gasteiger partial charge in [-0.25, -0.2) is 0 Å². The first-order chi connectivity index (χ1) is 3.71. The summed E-state index contributed by atoms with van der Waals surface area (Å²) in [7, 11) is 0.293. The van der Waals surface area contributed by atoms with Gasteiger partial charge in [0.25, 0.3) is 0 Å². The van der Waals surface area contributed by atoms with Crippen molar-refractivity contribution >= 4 is 23.2 Å². The van der Waals surface area contributed by atoms with E-state index in [1.165, 1.54) is 0 Å². The predicted octanol–water partition coefficient (Wildman–Crippen LogP) is 3.60. The zero-order chi connectivity index (χ0) is 7.71. The first-order valence-corrected chi connectivity index (χ1v) is 13.0. The zero-order valence-corrected chi connectivity index (χ0v) is 10.3. The van der Waals surface area contributed by atoms with Gasteiger partial charge in [0.1, 0.15) is 0 Å². The number of hydrogen-bond donors (Lipinski definition) is 0. The maximum Gasteiger partial charge on any atom is -0.0938 e. The lowest BCUT2D eigenvalue weighted by atomic mass is 11.8. The molecule has 0 aromatic heterocycles. The van der Waals surface area contributed by atoms with Crippen LogP contribution in [-0.4, -0.2) is 15.5 Å². The van der Waals surface area contributed by atoms with E-state index in [-0.39, 0.29) is 0 Å². The predicted molar refractivity (Wildman–Crippen MR) is 53.6 cm³/mol. The largest absolute Gasteiger partial charge is 0.542 e. The van der Waals surface area contributed by atoms with Crippen LogP contribution in [0.5, 0.6) is 0 Å². The molecule has 0 N–H and O–H groups in total. The van der Waals surface area contributed by atoms with E-state index in [0.717, 1.165) is 0 Å². The van der Waals surface area contributed by atoms with Gasteiger partial charge in [-0.2, -0.15) is 0 Å². The Labute approximate surface area is 62.9 Å². The third-order valence-corrected chi connectivity index (χ3v) is 18.1. The van der Waals surface area contributed by atoms with Gasteiger partial charge in [-0.1, -0.05) is 39.3 Å². The zero-order valence-electron chi connectivity index (χ0n) is 7.45. The van der Waals surface area contributed by atoms with Gasteiger partial charge in [-0.3, -0.25) is 0 Å². The summed E-state index contributed by atoms with van der Waals surface area (Å²) in [5, 5.41) is 0. The van der Waals surface area contributed by atoms with Gasteiger partial charge in [-0.15, -0.1) is 15.5 Å². The second-order valence-electron chi connectivity index (χ2n) is 4.45. The van der Waals surface area contributed by atoms with E-state index >= 15 is 0 Å². The summed E-state index contributed by atoms with van der Waals surface area (Å²) in [5.41, 5.74) is 0. The Bertz CT molecular complexity index is 76.2. The molecule has 0 nitrogen and oxygen atoms in total. The van der Waals surface area contributed by atoms with Gasteiger partial charge in [0, 0.05) is 0 Å². The molecule has 9 heavy (non-hydrogen) atoms. The molecule has 0 unspecified atom stereocenters. The first-order valence-electron chi connectivity index (χ1n) is 3.45. The van der Waals surface area contributed by atoms with Crippen molar-refractivity contribution in [1.82, 2.24) is 0 Å². The van der Waals surface area contributed by atoms with Crippen LogP contribution in [0.3, 0.4) is 0 Å². The highest BCUT2D eigenvalue weighted by Gasteiger charge is 2.06. The van der Waals surface area contributed by atoms with Crippen molar-refractivity contribution < 1.29 is 0 Å². The van der Waals surface area contributed by atoms with E-state index in [2.05, 4.69) is 39.3 Å². The highest BCUT2D eigenvalue weighted by Crippen LogP contribution is 2.36. The van der Waals surface area contributed by atoms with Gasteiger partial charge in [0.05, 0.1) is 0 Å². The second kappa shape index (κ2) is 2.85. The topological polar surface area (TPSA) is 0 Å². The Morgan fingerprint density at radius 2 is 0.889 bits per heavy atom. The number of hydrogen-bond acceptors (Lipinski definition) is 0. The van der Waals surface area contributed by atoms with Crippen LogP contribution in [0.2, 0.25) is 39.3 Å². The summed E-state index contributed by atoms with van der Waals surface area (Å²) in [6.07, 6.45) is 0. The minimum absolute atomic E-state index is 0.759. The highest BCUT2D eigenvalue weighted by molar-refractivity contribution is 8.06. The SMILES string of the molecule is C[Si](C)(C)[P-][Si](C)(C)C. The summed E-state index contributed by atoms with van der Waals surface area (Å²) in [6, 6.07) is 0. The van der Waals surface area contributed by atoms with Gasteiger partial charge < -0.3 is 7.68 Å². The molecule has 0 saturated heterocycles. The molecule has 0 aromatic rings. The van der Waals surface area contributed by atoms with Crippen molar-refractivity contribution in [2.45, 2.75) is 39.3 Å². The van der Waals surface area contributed by atoms with E-state index in [0.29, 0.717) is 0 Å². The van der Waals surface area contributed by atoms with Crippen LogP contribution in [0, 0.1) is 0 Å². The van der Waals surface area contributed by atoms with E-state index in [1.807, 2.05) is 7.68 Å². The smallest absolute Gasteiger partial charge is 0.0938 e. The molecule has 0 amide bonds. The van der Waals surface area contributed by atoms with E-state index in [9.17, 15) is 0 Å². The van der Waals surface area contributed by atoms with Gasteiger partial charge >= 0.3 is 0 Å². The molecule has 0 radical (unpaired) electrons. The molecule has 0 aliphatic carbocycles. The molecule has 0 atom stereocenters. The molecule has 0 rings (SSSR count). The molecular formula is C6H18PSi2-. The van der Waals surface area contributed by atoms with Crippen LogP contribution in [0.4, 0.5) is 0 Å². The van der Waals surface area contributed by atoms with Crippen LogP contribution in [0.15, 0.2) is 0 Å². The third kappa shape index (κ3) is 8.86. The van der Waals surface area contributed by atoms with Crippen LogP contribution in [0.25, 0.3) is 0 Å². The van der Waals surface area contributed by atoms with Crippen molar-refractivity contribution in [2.24, 2.45) is 0 Å². The summed E-state index contributed by atoms with van der Waals surface area (Å²) < 4.78 is 0. The molecular weight excluding hydrogens is 159 g/mol. The highest BCUT2D eigenvalue weighted by atomic mass is 31.6. The lowest BCUT2D eigenvalue weighted by molar-refractivity contribution is 1.84. The standard InChI is InChI=1S/C6H18PSi2/c1-8(2,3)7-9(4,5)6/h1-6H3/q-1. The summed E-state index contributed by atoms with van der Waals surface area (Å²) in [4.78, 5) is 0. The van der Waals surface area contributed by atoms with Crippen molar-refractivity contribution in [2.75, 3.05) is 0 Å². The van der Waals surface area contributed by atoms with E-state index in [1.54, 1.807) is 0 Å². The Hall–Kier alpha value is 0.864. The van der Waals surface area contributed by atoms with E-state index in [4.69, 9.17) is 0 Å². The fourth-order valence-corrected chi connectivity index (χ4v) is 27.2. The van der Waals surface area contributed by atoms with Crippen LogP contribution in [0.1, 0.15) is 0 Å². The molecule has 3 heteroatoms. The molecule has 0 aliphatic heterocycles. The Balaban J connectivity index is 3.75. The minimum Gasteiger partial charge on any atom is -0.542 e. The van der Waals surface area contributed by atoms with Crippen molar-refractivity contribution in [3.8, 4) is 0 Å². The van der Waals surface area contributed by atoms with Crippen LogP contribution in [-0.2, 0) is 0 Å². The lowest BCUT2D eigenvalue weighted by Crippen LogP contribution is -2.24. The van der Waals surface area contributed by atoms with Gasteiger partial charge in [0.2, 0.25) is 0 Å². The maximum absolute atomic E-state index is 2.45. The average Bonchev–Trinajstić information content (AvgIpc) is 1.14. The Morgan fingerprint density at radius 3 is 0.889 bits per heavy atom. The molecule has 0 saturated carbocycles. The maximum atomic E-state index is 2.45. The summed E-state index contributed by atoms with van der Waals surface area (Å²) in [6.45, 7) is 14.7. The monoisotopic (exact) mass is 177 g/mol. The summed E-state index contributed by atoms with van der Waals surface area (Å²) >= 11 is 0. The second-order valence-corrected chi connectivity index (χ2v) is 24.1. The molecule has 0 aliphatic rings. The number of rotatable bonds is 2. The normalized spacial score (nSPS) is 14.0. The quantitative estimate of drug-likeness (QED) is 0.446. The van der Waals surface area contributed by atoms with Crippen LogP contribution < -0.4 is 0 Å². The molecule has 56 valence electrons. The molecule has 0 fully saturated rings. The van der Waals surface area contributed by atoms with Crippen molar-refractivity contribution in [3.63, 3.8) is 0 Å². The van der Waals surface area contributed by atoms with Gasteiger partial charge in [0.15, 0.2) is 0 Å². The van der Waals surface area contributed by atoms with E-state index < -0.39 is 15.5 Å². The fourth-order valence-electron chi connectivity index (χ4n) is 1.01. The molecule has 0 bridgehead atoms. The molecule has 0 aromatic carbocycles. The molecule has 0 heterocycles.